The number of rotatable bonds is 12. The van der Waals surface area contributed by atoms with Crippen molar-refractivity contribution in [3.05, 3.63) is 108 Å². The summed E-state index contributed by atoms with van der Waals surface area (Å²) in [5.74, 6) is -0.809. The van der Waals surface area contributed by atoms with Crippen molar-refractivity contribution in [1.29, 1.82) is 0 Å². The van der Waals surface area contributed by atoms with Gasteiger partial charge in [0.25, 0.3) is 0 Å². The van der Waals surface area contributed by atoms with Crippen LogP contribution in [0.5, 0.6) is 0 Å². The Bertz CT molecular complexity index is 1310. The zero-order valence-electron chi connectivity index (χ0n) is 22.1. The quantitative estimate of drug-likeness (QED) is 0.373. The van der Waals surface area contributed by atoms with Crippen LogP contribution in [0.1, 0.15) is 35.6 Å². The maximum Gasteiger partial charge on any atom is 0.247 e. The highest BCUT2D eigenvalue weighted by atomic mass is 32.2. The highest BCUT2D eigenvalue weighted by Gasteiger charge is 2.34. The van der Waals surface area contributed by atoms with Gasteiger partial charge in [-0.3, -0.25) is 9.59 Å². The van der Waals surface area contributed by atoms with Gasteiger partial charge in [0, 0.05) is 26.2 Å². The molecule has 4 rings (SSSR count). The van der Waals surface area contributed by atoms with Crippen LogP contribution in [0.3, 0.4) is 0 Å². The first-order valence-electron chi connectivity index (χ1n) is 13.1. The summed E-state index contributed by atoms with van der Waals surface area (Å²) >= 11 is 0. The van der Waals surface area contributed by atoms with E-state index in [1.807, 2.05) is 78.9 Å². The van der Waals surface area contributed by atoms with E-state index in [2.05, 4.69) is 5.32 Å². The van der Waals surface area contributed by atoms with Gasteiger partial charge in [0.15, 0.2) is 0 Å². The van der Waals surface area contributed by atoms with Gasteiger partial charge >= 0.3 is 0 Å². The summed E-state index contributed by atoms with van der Waals surface area (Å²) in [6.45, 7) is 0.799. The summed E-state index contributed by atoms with van der Waals surface area (Å²) in [4.78, 5) is 29.2. The molecule has 1 fully saturated rings. The first-order valence-corrected chi connectivity index (χ1v) is 14.9. The normalized spacial score (nSPS) is 16.1. The second-order valence-electron chi connectivity index (χ2n) is 9.72. The minimum atomic E-state index is -3.73. The molecule has 39 heavy (non-hydrogen) atoms. The fourth-order valence-electron chi connectivity index (χ4n) is 4.65. The molecular formula is C30H35N3O5S. The molecule has 1 N–H and O–H groups in total. The predicted octanol–water partition coefficient (Wildman–Crippen LogP) is 3.51. The maximum absolute atomic E-state index is 14.0. The molecule has 9 heteroatoms. The summed E-state index contributed by atoms with van der Waals surface area (Å²) in [5.41, 5.74) is 2.23. The van der Waals surface area contributed by atoms with Crippen LogP contribution in [0, 0.1) is 0 Å². The number of nitrogens with zero attached hydrogens (tertiary/aromatic N) is 2. The zero-order valence-corrected chi connectivity index (χ0v) is 22.9. The van der Waals surface area contributed by atoms with Crippen molar-refractivity contribution in [3.63, 3.8) is 0 Å². The van der Waals surface area contributed by atoms with Gasteiger partial charge in [-0.1, -0.05) is 91.0 Å². The second-order valence-corrected chi connectivity index (χ2v) is 11.7. The molecule has 1 heterocycles. The number of ether oxygens (including phenoxy) is 1. The highest BCUT2D eigenvalue weighted by Crippen LogP contribution is 2.25. The maximum atomic E-state index is 14.0. The van der Waals surface area contributed by atoms with Crippen molar-refractivity contribution in [2.24, 2.45) is 0 Å². The summed E-state index contributed by atoms with van der Waals surface area (Å²) in [6.07, 6.45) is 2.85. The standard InChI is InChI=1S/C30H35N3O5S/c1-39(36,37)32(21-24-12-5-2-6-13-24)23-28(34)33(22-25-14-7-3-8-15-25)29(26-16-9-4-10-17-26)30(35)31-20-27-18-11-19-38-27/h2-10,12-17,27,29H,11,18-23H2,1H3,(H,31,35). The minimum absolute atomic E-state index is 0.0474. The number of carbonyl (C=O) groups is 2. The molecular weight excluding hydrogens is 514 g/mol. The molecule has 1 saturated heterocycles. The monoisotopic (exact) mass is 549 g/mol. The van der Waals surface area contributed by atoms with Crippen LogP contribution in [-0.2, 0) is 37.4 Å². The first kappa shape index (κ1) is 28.5. The average molecular weight is 550 g/mol. The van der Waals surface area contributed by atoms with E-state index in [9.17, 15) is 18.0 Å². The molecule has 2 amide bonds. The number of amides is 2. The van der Waals surface area contributed by atoms with Gasteiger partial charge in [0.2, 0.25) is 21.8 Å². The molecule has 0 aliphatic carbocycles. The molecule has 3 aromatic carbocycles. The number of hydrogen-bond donors (Lipinski definition) is 1. The number of benzene rings is 3. The van der Waals surface area contributed by atoms with Gasteiger partial charge in [-0.25, -0.2) is 8.42 Å². The molecule has 8 nitrogen and oxygen atoms in total. The number of hydrogen-bond acceptors (Lipinski definition) is 5. The minimum Gasteiger partial charge on any atom is -0.376 e. The Morgan fingerprint density at radius 3 is 2.00 bits per heavy atom. The average Bonchev–Trinajstić information content (AvgIpc) is 3.46. The molecule has 0 radical (unpaired) electrons. The van der Waals surface area contributed by atoms with Gasteiger partial charge in [-0.05, 0) is 29.5 Å². The summed E-state index contributed by atoms with van der Waals surface area (Å²) < 4.78 is 32.3. The van der Waals surface area contributed by atoms with Crippen molar-refractivity contribution >= 4 is 21.8 Å². The van der Waals surface area contributed by atoms with E-state index in [-0.39, 0.29) is 25.1 Å². The molecule has 2 unspecified atom stereocenters. The Balaban J connectivity index is 1.66. The van der Waals surface area contributed by atoms with Crippen LogP contribution < -0.4 is 5.32 Å². The molecule has 2 atom stereocenters. The summed E-state index contributed by atoms with van der Waals surface area (Å²) in [6, 6.07) is 26.6. The summed E-state index contributed by atoms with van der Waals surface area (Å²) in [7, 11) is -3.73. The van der Waals surface area contributed by atoms with E-state index in [0.29, 0.717) is 18.7 Å². The summed E-state index contributed by atoms with van der Waals surface area (Å²) in [5, 5.41) is 2.98. The number of carbonyl (C=O) groups excluding carboxylic acids is 2. The van der Waals surface area contributed by atoms with E-state index in [1.165, 1.54) is 4.90 Å². The molecule has 0 aromatic heterocycles. The Kier molecular flexibility index (Phi) is 9.86. The van der Waals surface area contributed by atoms with E-state index in [0.717, 1.165) is 34.5 Å². The van der Waals surface area contributed by atoms with Gasteiger partial charge in [0.1, 0.15) is 6.04 Å². The van der Waals surface area contributed by atoms with Crippen molar-refractivity contribution in [2.75, 3.05) is 26.0 Å². The van der Waals surface area contributed by atoms with Crippen LogP contribution in [0.25, 0.3) is 0 Å². The lowest BCUT2D eigenvalue weighted by molar-refractivity contribution is -0.142. The van der Waals surface area contributed by atoms with Crippen molar-refractivity contribution < 1.29 is 22.7 Å². The first-order chi connectivity index (χ1) is 18.8. The van der Waals surface area contributed by atoms with Crippen LogP contribution in [0.2, 0.25) is 0 Å². The lowest BCUT2D eigenvalue weighted by Gasteiger charge is -2.33. The topological polar surface area (TPSA) is 96.0 Å². The smallest absolute Gasteiger partial charge is 0.247 e. The van der Waals surface area contributed by atoms with Gasteiger partial charge in [-0.15, -0.1) is 0 Å². The van der Waals surface area contributed by atoms with Gasteiger partial charge < -0.3 is 15.0 Å². The Labute approximate surface area is 230 Å². The van der Waals surface area contributed by atoms with Crippen LogP contribution >= 0.6 is 0 Å². The molecule has 0 spiro atoms. The predicted molar refractivity (Wildman–Crippen MR) is 150 cm³/mol. The van der Waals surface area contributed by atoms with Crippen LogP contribution in [0.15, 0.2) is 91.0 Å². The lowest BCUT2D eigenvalue weighted by atomic mass is 10.0. The van der Waals surface area contributed by atoms with E-state index in [1.54, 1.807) is 12.1 Å². The zero-order chi connectivity index (χ0) is 27.7. The molecule has 3 aromatic rings. The Morgan fingerprint density at radius 2 is 1.46 bits per heavy atom. The largest absolute Gasteiger partial charge is 0.376 e. The van der Waals surface area contributed by atoms with Gasteiger partial charge in [0.05, 0.1) is 18.9 Å². The third kappa shape index (κ3) is 8.23. The van der Waals surface area contributed by atoms with E-state index >= 15 is 0 Å². The van der Waals surface area contributed by atoms with E-state index < -0.39 is 28.5 Å². The number of nitrogens with one attached hydrogen (secondary N) is 1. The molecule has 1 aliphatic heterocycles. The highest BCUT2D eigenvalue weighted by molar-refractivity contribution is 7.88. The van der Waals surface area contributed by atoms with Crippen molar-refractivity contribution in [2.45, 2.75) is 38.1 Å². The SMILES string of the molecule is CS(=O)(=O)N(CC(=O)N(Cc1ccccc1)C(C(=O)NCC1CCCO1)c1ccccc1)Cc1ccccc1. The fourth-order valence-corrected chi connectivity index (χ4v) is 5.38. The molecule has 0 saturated carbocycles. The number of sulfonamides is 1. The Morgan fingerprint density at radius 1 is 0.897 bits per heavy atom. The van der Waals surface area contributed by atoms with E-state index in [4.69, 9.17) is 4.74 Å². The molecule has 0 bridgehead atoms. The van der Waals surface area contributed by atoms with Crippen LogP contribution in [-0.4, -0.2) is 61.5 Å². The molecule has 1 aliphatic rings. The third-order valence-electron chi connectivity index (χ3n) is 6.70. The van der Waals surface area contributed by atoms with Crippen molar-refractivity contribution in [3.8, 4) is 0 Å². The van der Waals surface area contributed by atoms with Gasteiger partial charge in [-0.2, -0.15) is 4.31 Å². The lowest BCUT2D eigenvalue weighted by Crippen LogP contribution is -2.48. The van der Waals surface area contributed by atoms with Crippen molar-refractivity contribution in [1.82, 2.24) is 14.5 Å². The Hall–Kier alpha value is -3.53. The van der Waals surface area contributed by atoms with Crippen LogP contribution in [0.4, 0.5) is 0 Å². The third-order valence-corrected chi connectivity index (χ3v) is 7.90. The fraction of sp³-hybridized carbons (Fsp3) is 0.333. The molecule has 206 valence electrons. The second kappa shape index (κ2) is 13.5.